The zero-order chi connectivity index (χ0) is 24.6. The lowest BCUT2D eigenvalue weighted by Crippen LogP contribution is -2.13. The molecule has 188 valence electrons. The van der Waals surface area contributed by atoms with Gasteiger partial charge in [0.25, 0.3) is 5.91 Å². The van der Waals surface area contributed by atoms with Gasteiger partial charge in [-0.3, -0.25) is 4.79 Å². The first kappa shape index (κ1) is 27.9. The number of benzene rings is 2. The van der Waals surface area contributed by atoms with E-state index < -0.39 is 0 Å². The van der Waals surface area contributed by atoms with Crippen molar-refractivity contribution in [3.05, 3.63) is 58.7 Å². The molecule has 0 atom stereocenters. The van der Waals surface area contributed by atoms with Gasteiger partial charge in [0.1, 0.15) is 5.75 Å². The molecule has 0 heterocycles. The van der Waals surface area contributed by atoms with E-state index in [2.05, 4.69) is 12.2 Å². The van der Waals surface area contributed by atoms with Crippen LogP contribution in [0.5, 0.6) is 5.75 Å². The molecule has 0 unspecified atom stereocenters. The molecule has 4 nitrogen and oxygen atoms in total. The van der Waals surface area contributed by atoms with E-state index in [1.54, 1.807) is 6.07 Å². The molecule has 0 aliphatic carbocycles. The summed E-state index contributed by atoms with van der Waals surface area (Å²) in [6.07, 6.45) is 16.0. The lowest BCUT2D eigenvalue weighted by molar-refractivity contribution is 0.102. The van der Waals surface area contributed by atoms with Gasteiger partial charge in [-0.15, -0.1) is 0 Å². The highest BCUT2D eigenvalue weighted by Gasteiger charge is 2.12. The Bertz CT molecular complexity index is 839. The van der Waals surface area contributed by atoms with Gasteiger partial charge in [-0.25, -0.2) is 0 Å². The predicted molar refractivity (Wildman–Crippen MR) is 143 cm³/mol. The lowest BCUT2D eigenvalue weighted by Gasteiger charge is -2.14. The molecule has 0 spiro atoms. The number of unbranched alkanes of at least 4 members (excludes halogenated alkanes) is 11. The Hall–Kier alpha value is -2.33. The molecule has 0 radical (unpaired) electrons. The first-order valence-electron chi connectivity index (χ1n) is 13.3. The van der Waals surface area contributed by atoms with Crippen LogP contribution in [0.2, 0.25) is 0 Å². The highest BCUT2D eigenvalue weighted by atomic mass is 16.5. The van der Waals surface area contributed by atoms with E-state index in [9.17, 15) is 9.90 Å². The molecule has 34 heavy (non-hydrogen) atoms. The van der Waals surface area contributed by atoms with Crippen molar-refractivity contribution in [3.8, 4) is 5.75 Å². The first-order chi connectivity index (χ1) is 16.5. The molecular weight excluding hydrogens is 422 g/mol. The smallest absolute Gasteiger partial charge is 0.255 e. The van der Waals surface area contributed by atoms with Crippen LogP contribution in [0.4, 0.5) is 5.69 Å². The molecule has 0 aliphatic rings. The van der Waals surface area contributed by atoms with E-state index >= 15 is 0 Å². The Kier molecular flexibility index (Phi) is 13.4. The summed E-state index contributed by atoms with van der Waals surface area (Å²) in [6.45, 7) is 6.93. The number of nitrogens with one attached hydrogen (secondary N) is 1. The number of rotatable bonds is 17. The molecule has 0 aromatic heterocycles. The second-order valence-corrected chi connectivity index (χ2v) is 9.49. The number of aryl methyl sites for hydroxylation is 2. The highest BCUT2D eigenvalue weighted by Crippen LogP contribution is 2.26. The normalized spacial score (nSPS) is 10.9. The molecule has 2 N–H and O–H groups in total. The van der Waals surface area contributed by atoms with Crippen LogP contribution in [0.25, 0.3) is 0 Å². The number of anilines is 1. The van der Waals surface area contributed by atoms with Crippen molar-refractivity contribution < 1.29 is 14.6 Å². The average Bonchev–Trinajstić information content (AvgIpc) is 2.83. The minimum atomic E-state index is -0.159. The Morgan fingerprint density at radius 2 is 1.38 bits per heavy atom. The van der Waals surface area contributed by atoms with Gasteiger partial charge in [0, 0.05) is 11.3 Å². The fourth-order valence-corrected chi connectivity index (χ4v) is 4.38. The molecular formula is C30H45NO3. The third kappa shape index (κ3) is 10.3. The van der Waals surface area contributed by atoms with Crippen molar-refractivity contribution in [1.82, 2.24) is 0 Å². The van der Waals surface area contributed by atoms with Crippen LogP contribution in [0.1, 0.15) is 111 Å². The molecule has 0 bridgehead atoms. The fraction of sp³-hybridized carbons (Fsp3) is 0.567. The Labute approximate surface area is 207 Å². The van der Waals surface area contributed by atoms with Gasteiger partial charge in [0.05, 0.1) is 13.2 Å². The third-order valence-corrected chi connectivity index (χ3v) is 6.33. The van der Waals surface area contributed by atoms with E-state index in [1.165, 1.54) is 70.6 Å². The van der Waals surface area contributed by atoms with E-state index in [0.717, 1.165) is 35.5 Å². The third-order valence-electron chi connectivity index (χ3n) is 6.33. The fourth-order valence-electron chi connectivity index (χ4n) is 4.38. The van der Waals surface area contributed by atoms with Crippen molar-refractivity contribution >= 4 is 11.6 Å². The lowest BCUT2D eigenvalue weighted by atomic mass is 10.0. The highest BCUT2D eigenvalue weighted by molar-refractivity contribution is 6.04. The van der Waals surface area contributed by atoms with E-state index in [0.29, 0.717) is 11.3 Å². The van der Waals surface area contributed by atoms with Crippen LogP contribution < -0.4 is 10.1 Å². The number of hydrogen-bond donors (Lipinski definition) is 2. The number of aliphatic hydroxyl groups is 1. The molecule has 2 aromatic rings. The van der Waals surface area contributed by atoms with Gasteiger partial charge < -0.3 is 15.2 Å². The SMILES string of the molecule is CCCCCCCCCCCCCCOc1c(C)cc(C(=O)Nc2cccc(CO)c2)cc1C. The van der Waals surface area contributed by atoms with Crippen molar-refractivity contribution in [2.24, 2.45) is 0 Å². The number of carbonyl (C=O) groups excluding carboxylic acids is 1. The van der Waals surface area contributed by atoms with Crippen LogP contribution >= 0.6 is 0 Å². The van der Waals surface area contributed by atoms with Crippen LogP contribution in [-0.2, 0) is 6.61 Å². The summed E-state index contributed by atoms with van der Waals surface area (Å²) in [5.74, 6) is 0.732. The zero-order valence-corrected chi connectivity index (χ0v) is 21.6. The van der Waals surface area contributed by atoms with Crippen LogP contribution in [0.3, 0.4) is 0 Å². The Balaban J connectivity index is 1.66. The van der Waals surface area contributed by atoms with Crippen molar-refractivity contribution in [2.45, 2.75) is 104 Å². The van der Waals surface area contributed by atoms with E-state index in [1.807, 2.05) is 44.2 Å². The quantitative estimate of drug-likeness (QED) is 0.231. The van der Waals surface area contributed by atoms with Gasteiger partial charge in [-0.05, 0) is 61.2 Å². The standard InChI is InChI=1S/C30H45NO3/c1-4-5-6-7-8-9-10-11-12-13-14-15-19-34-29-24(2)20-27(21-25(29)3)30(33)31-28-18-16-17-26(22-28)23-32/h16-18,20-22,32H,4-15,19,23H2,1-3H3,(H,31,33). The maximum atomic E-state index is 12.7. The number of hydrogen-bond acceptors (Lipinski definition) is 3. The number of carbonyl (C=O) groups is 1. The predicted octanol–water partition coefficient (Wildman–Crippen LogP) is 8.13. The number of amides is 1. The summed E-state index contributed by atoms with van der Waals surface area (Å²) < 4.78 is 6.08. The van der Waals surface area contributed by atoms with Crippen molar-refractivity contribution in [2.75, 3.05) is 11.9 Å². The topological polar surface area (TPSA) is 58.6 Å². The summed E-state index contributed by atoms with van der Waals surface area (Å²) in [6, 6.07) is 11.0. The van der Waals surface area contributed by atoms with Crippen molar-refractivity contribution in [1.29, 1.82) is 0 Å². The second-order valence-electron chi connectivity index (χ2n) is 9.49. The van der Waals surface area contributed by atoms with Gasteiger partial charge in [0.2, 0.25) is 0 Å². The molecule has 0 saturated heterocycles. The molecule has 1 amide bonds. The molecule has 0 fully saturated rings. The average molecular weight is 468 g/mol. The maximum absolute atomic E-state index is 12.7. The molecule has 2 rings (SSSR count). The van der Waals surface area contributed by atoms with Crippen LogP contribution in [-0.4, -0.2) is 17.6 Å². The van der Waals surface area contributed by atoms with Crippen LogP contribution in [0.15, 0.2) is 36.4 Å². The minimum Gasteiger partial charge on any atom is -0.493 e. The summed E-state index contributed by atoms with van der Waals surface area (Å²) in [5.41, 5.74) is 4.02. The zero-order valence-electron chi connectivity index (χ0n) is 21.6. The molecule has 0 saturated carbocycles. The Morgan fingerprint density at radius 1 is 0.824 bits per heavy atom. The van der Waals surface area contributed by atoms with Gasteiger partial charge in [-0.1, -0.05) is 89.7 Å². The second kappa shape index (κ2) is 16.3. The summed E-state index contributed by atoms with van der Waals surface area (Å²) in [5, 5.41) is 12.2. The monoisotopic (exact) mass is 467 g/mol. The Morgan fingerprint density at radius 3 is 1.94 bits per heavy atom. The van der Waals surface area contributed by atoms with Crippen molar-refractivity contribution in [3.63, 3.8) is 0 Å². The van der Waals surface area contributed by atoms with E-state index in [4.69, 9.17) is 4.74 Å². The van der Waals surface area contributed by atoms with Crippen LogP contribution in [0, 0.1) is 13.8 Å². The molecule has 0 aliphatic heterocycles. The number of ether oxygens (including phenoxy) is 1. The number of aliphatic hydroxyl groups excluding tert-OH is 1. The van der Waals surface area contributed by atoms with Gasteiger partial charge in [0.15, 0.2) is 0 Å². The maximum Gasteiger partial charge on any atom is 0.255 e. The van der Waals surface area contributed by atoms with Gasteiger partial charge in [-0.2, -0.15) is 0 Å². The van der Waals surface area contributed by atoms with E-state index in [-0.39, 0.29) is 12.5 Å². The minimum absolute atomic E-state index is 0.0485. The first-order valence-corrected chi connectivity index (χ1v) is 13.3. The summed E-state index contributed by atoms with van der Waals surface area (Å²) in [7, 11) is 0. The molecule has 2 aromatic carbocycles. The summed E-state index contributed by atoms with van der Waals surface area (Å²) in [4.78, 5) is 12.7. The largest absolute Gasteiger partial charge is 0.493 e. The summed E-state index contributed by atoms with van der Waals surface area (Å²) >= 11 is 0. The molecule has 4 heteroatoms. The van der Waals surface area contributed by atoms with Gasteiger partial charge >= 0.3 is 0 Å².